The van der Waals surface area contributed by atoms with Gasteiger partial charge in [-0.2, -0.15) is 0 Å². The predicted octanol–water partition coefficient (Wildman–Crippen LogP) is -0.677. The largest absolute Gasteiger partial charge is 0.472 e. The first-order valence-corrected chi connectivity index (χ1v) is 0.966. The third-order valence-corrected chi connectivity index (χ3v) is 0.123. The molecular weight excluding hydrogens is 91.0 g/mol. The molecule has 0 bridgehead atoms. The maximum Gasteiger partial charge on any atom is 0.381 e. The fourth-order valence-corrected chi connectivity index (χ4v) is 0. The van der Waals surface area contributed by atoms with Crippen LogP contribution in [0.4, 0.5) is 0 Å². The minimum absolute atomic E-state index is 0. The Morgan fingerprint density at radius 3 is 2.00 bits per heavy atom. The van der Waals surface area contributed by atoms with E-state index < -0.39 is 5.97 Å². The predicted molar refractivity (Wildman–Crippen MR) is 22.2 cm³/mol. The fourth-order valence-electron chi connectivity index (χ4n) is 0. The summed E-state index contributed by atoms with van der Waals surface area (Å²) in [6, 6.07) is 0. The van der Waals surface area contributed by atoms with Gasteiger partial charge in [-0.25, -0.2) is 4.79 Å². The molecule has 0 saturated carbocycles. The zero-order valence-corrected chi connectivity index (χ0v) is 5.43. The third-order valence-electron chi connectivity index (χ3n) is 0.123. The van der Waals surface area contributed by atoms with Crippen LogP contribution >= 0.6 is 0 Å². The topological polar surface area (TPSA) is 37.3 Å². The molecule has 0 aromatic heterocycles. The quantitative estimate of drug-likeness (QED) is 0.318. The van der Waals surface area contributed by atoms with Crippen LogP contribution in [0.1, 0.15) is 0 Å². The third kappa shape index (κ3) is 8.98. The van der Waals surface area contributed by atoms with Crippen LogP contribution in [0.25, 0.3) is 0 Å². The van der Waals surface area contributed by atoms with Crippen molar-refractivity contribution in [1.82, 2.24) is 0 Å². The Morgan fingerprint density at radius 1 is 1.83 bits per heavy atom. The molecule has 6 heavy (non-hydrogen) atoms. The van der Waals surface area contributed by atoms with Gasteiger partial charge in [0.05, 0.1) is 0 Å². The molecule has 3 heteroatoms. The number of carbonyl (C=O) groups is 1. The molecule has 0 aromatic carbocycles. The fraction of sp³-hybridized carbons (Fsp3) is 0. The van der Waals surface area contributed by atoms with Gasteiger partial charge in [0.25, 0.3) is 0 Å². The van der Waals surface area contributed by atoms with E-state index in [-0.39, 0.29) is 29.6 Å². The average Bonchev–Trinajstić information content (AvgIpc) is 1.38. The zero-order chi connectivity index (χ0) is 4.28. The molecule has 0 heterocycles. The van der Waals surface area contributed by atoms with E-state index in [1.165, 1.54) is 5.92 Å². The van der Waals surface area contributed by atoms with Gasteiger partial charge in [0.1, 0.15) is 0 Å². The van der Waals surface area contributed by atoms with Crippen molar-refractivity contribution in [2.75, 3.05) is 0 Å². The number of carboxylic acid groups (broad SMARTS) is 1. The Hall–Kier alpha value is 0.0300. The number of hydrogen-bond acceptors (Lipinski definition) is 1. The van der Waals surface area contributed by atoms with Gasteiger partial charge in [-0.3, -0.25) is 0 Å². The van der Waals surface area contributed by atoms with Crippen molar-refractivity contribution >= 4 is 35.5 Å². The first-order valence-electron chi connectivity index (χ1n) is 0.966. The van der Waals surface area contributed by atoms with Crippen LogP contribution in [-0.4, -0.2) is 40.6 Å². The smallest absolute Gasteiger partial charge is 0.381 e. The summed E-state index contributed by atoms with van der Waals surface area (Å²) in [7, 11) is 0. The molecule has 1 radical (unpaired) electrons. The molecule has 2 nitrogen and oxygen atoms in total. The average molecular weight is 93.0 g/mol. The minimum Gasteiger partial charge on any atom is -0.472 e. The van der Waals surface area contributed by atoms with Crippen LogP contribution in [0.2, 0.25) is 0 Å². The number of carboxylic acids is 1. The Kier molecular flexibility index (Phi) is 7.88. The summed E-state index contributed by atoms with van der Waals surface area (Å²) in [5.74, 6) is 0.227. The van der Waals surface area contributed by atoms with Crippen molar-refractivity contribution in [2.24, 2.45) is 0 Å². The van der Waals surface area contributed by atoms with Gasteiger partial charge in [-0.15, -0.1) is 6.42 Å². The molecule has 0 amide bonds. The van der Waals surface area contributed by atoms with Crippen LogP contribution in [-0.2, 0) is 4.79 Å². The Bertz CT molecular complexity index is 81.3. The van der Waals surface area contributed by atoms with Crippen molar-refractivity contribution in [1.29, 1.82) is 0 Å². The minimum atomic E-state index is -1.22. The summed E-state index contributed by atoms with van der Waals surface area (Å²) in [5.41, 5.74) is 0. The first kappa shape index (κ1) is 9.39. The van der Waals surface area contributed by atoms with E-state index in [0.717, 1.165) is 0 Å². The molecule has 0 atom stereocenters. The van der Waals surface area contributed by atoms with Gasteiger partial charge < -0.3 is 5.11 Å². The van der Waals surface area contributed by atoms with E-state index in [9.17, 15) is 0 Å². The van der Waals surface area contributed by atoms with Gasteiger partial charge in [-0.05, 0) is 0 Å². The molecule has 0 aromatic rings. The zero-order valence-electron chi connectivity index (χ0n) is 3.43. The Morgan fingerprint density at radius 2 is 2.00 bits per heavy atom. The molecule has 0 aliphatic heterocycles. The van der Waals surface area contributed by atoms with E-state index in [1.54, 1.807) is 0 Å². The SMILES string of the molecule is C#CC(=O)O.[Na]. The molecule has 0 aliphatic rings. The van der Waals surface area contributed by atoms with Crippen LogP contribution in [0.15, 0.2) is 0 Å². The second kappa shape index (κ2) is 5.03. The second-order valence-electron chi connectivity index (χ2n) is 0.449. The van der Waals surface area contributed by atoms with Crippen molar-refractivity contribution < 1.29 is 9.90 Å². The number of hydrogen-bond donors (Lipinski definition) is 1. The summed E-state index contributed by atoms with van der Waals surface area (Å²) < 4.78 is 0. The molecule has 0 aliphatic carbocycles. The summed E-state index contributed by atoms with van der Waals surface area (Å²) >= 11 is 0. The molecule has 0 saturated heterocycles. The van der Waals surface area contributed by atoms with Crippen molar-refractivity contribution in [2.45, 2.75) is 0 Å². The van der Waals surface area contributed by atoms with Gasteiger partial charge in [0, 0.05) is 35.5 Å². The van der Waals surface area contributed by atoms with Gasteiger partial charge in [0.15, 0.2) is 0 Å². The molecule has 0 rings (SSSR count). The number of terminal acetylenes is 1. The second-order valence-corrected chi connectivity index (χ2v) is 0.449. The van der Waals surface area contributed by atoms with Gasteiger partial charge in [-0.1, -0.05) is 0 Å². The van der Waals surface area contributed by atoms with Gasteiger partial charge >= 0.3 is 5.97 Å². The molecule has 0 unspecified atom stereocenters. The first-order chi connectivity index (χ1) is 2.27. The summed E-state index contributed by atoms with van der Waals surface area (Å²) in [6.45, 7) is 0. The number of rotatable bonds is 0. The van der Waals surface area contributed by atoms with Gasteiger partial charge in [0.2, 0.25) is 0 Å². The maximum atomic E-state index is 9.13. The van der Waals surface area contributed by atoms with E-state index in [1.807, 2.05) is 0 Å². The summed E-state index contributed by atoms with van der Waals surface area (Å²) in [5, 5.41) is 7.49. The monoisotopic (exact) mass is 93.0 g/mol. The number of aliphatic carboxylic acids is 1. The van der Waals surface area contributed by atoms with E-state index in [4.69, 9.17) is 9.90 Å². The molecule has 1 N–H and O–H groups in total. The van der Waals surface area contributed by atoms with Crippen molar-refractivity contribution in [3.8, 4) is 12.3 Å². The van der Waals surface area contributed by atoms with E-state index in [0.29, 0.717) is 0 Å². The summed E-state index contributed by atoms with van der Waals surface area (Å²) in [4.78, 5) is 9.13. The van der Waals surface area contributed by atoms with Crippen LogP contribution in [0, 0.1) is 12.3 Å². The Labute approximate surface area is 57.8 Å². The molecule has 27 valence electrons. The normalized spacial score (nSPS) is 4.50. The molecule has 0 spiro atoms. The van der Waals surface area contributed by atoms with Crippen molar-refractivity contribution in [3.63, 3.8) is 0 Å². The van der Waals surface area contributed by atoms with Crippen LogP contribution < -0.4 is 0 Å². The molecule has 0 fully saturated rings. The Balaban J connectivity index is 0. The maximum absolute atomic E-state index is 9.13. The van der Waals surface area contributed by atoms with E-state index in [2.05, 4.69) is 6.42 Å². The standard InChI is InChI=1S/C3H2O2.Na/c1-2-3(4)5;/h1H,(H,4,5);. The molecular formula is C3H2NaO2. The summed E-state index contributed by atoms with van der Waals surface area (Å²) in [6.07, 6.45) is 4.32. The van der Waals surface area contributed by atoms with Crippen molar-refractivity contribution in [3.05, 3.63) is 0 Å². The van der Waals surface area contributed by atoms with Crippen LogP contribution in [0.5, 0.6) is 0 Å². The van der Waals surface area contributed by atoms with Crippen LogP contribution in [0.3, 0.4) is 0 Å². The van der Waals surface area contributed by atoms with E-state index >= 15 is 0 Å².